The molecule has 0 amide bonds. The SMILES string of the molecule is O=C(O)/C=C/c1cc(Br)ccc1N1CCOC2CCCC21. The summed E-state index contributed by atoms with van der Waals surface area (Å²) in [5, 5.41) is 8.86. The molecule has 21 heavy (non-hydrogen) atoms. The van der Waals surface area contributed by atoms with Crippen molar-refractivity contribution in [1.29, 1.82) is 0 Å². The maximum absolute atomic E-state index is 10.8. The lowest BCUT2D eigenvalue weighted by molar-refractivity contribution is -0.131. The van der Waals surface area contributed by atoms with Gasteiger partial charge in [-0.3, -0.25) is 0 Å². The van der Waals surface area contributed by atoms with Crippen molar-refractivity contribution in [3.05, 3.63) is 34.3 Å². The van der Waals surface area contributed by atoms with E-state index in [-0.39, 0.29) is 0 Å². The Morgan fingerprint density at radius 1 is 1.43 bits per heavy atom. The molecule has 1 aliphatic carbocycles. The molecule has 112 valence electrons. The second-order valence-electron chi connectivity index (χ2n) is 5.48. The van der Waals surface area contributed by atoms with E-state index in [0.29, 0.717) is 12.1 Å². The third kappa shape index (κ3) is 3.14. The molecule has 1 heterocycles. The lowest BCUT2D eigenvalue weighted by atomic mass is 10.1. The van der Waals surface area contributed by atoms with Crippen LogP contribution in [0.15, 0.2) is 28.7 Å². The number of fused-ring (bicyclic) bond motifs is 1. The number of nitrogens with zero attached hydrogens (tertiary/aromatic N) is 1. The predicted molar refractivity (Wildman–Crippen MR) is 85.5 cm³/mol. The van der Waals surface area contributed by atoms with Crippen LogP contribution in [0.4, 0.5) is 5.69 Å². The van der Waals surface area contributed by atoms with Crippen molar-refractivity contribution >= 4 is 33.7 Å². The van der Waals surface area contributed by atoms with Crippen LogP contribution < -0.4 is 4.90 Å². The predicted octanol–water partition coefficient (Wildman–Crippen LogP) is 3.30. The molecule has 1 saturated heterocycles. The molecular weight excluding hydrogens is 334 g/mol. The number of ether oxygens (including phenoxy) is 1. The molecule has 1 aromatic rings. The van der Waals surface area contributed by atoms with E-state index in [0.717, 1.165) is 41.7 Å². The molecule has 4 nitrogen and oxygen atoms in total. The molecular formula is C16H18BrNO3. The molecule has 0 bridgehead atoms. The molecule has 1 aliphatic heterocycles. The van der Waals surface area contributed by atoms with Crippen molar-refractivity contribution in [2.24, 2.45) is 0 Å². The van der Waals surface area contributed by atoms with E-state index < -0.39 is 5.97 Å². The van der Waals surface area contributed by atoms with Crippen LogP contribution in [0.3, 0.4) is 0 Å². The molecule has 5 heteroatoms. The van der Waals surface area contributed by atoms with Crippen LogP contribution >= 0.6 is 15.9 Å². The number of anilines is 1. The van der Waals surface area contributed by atoms with Crippen LogP contribution in [-0.4, -0.2) is 36.4 Å². The first-order valence-corrected chi connectivity index (χ1v) is 8.03. The van der Waals surface area contributed by atoms with Gasteiger partial charge in [-0.15, -0.1) is 0 Å². The number of hydrogen-bond donors (Lipinski definition) is 1. The van der Waals surface area contributed by atoms with Crippen LogP contribution in [0.5, 0.6) is 0 Å². The Balaban J connectivity index is 1.95. The van der Waals surface area contributed by atoms with E-state index in [9.17, 15) is 4.79 Å². The van der Waals surface area contributed by atoms with Gasteiger partial charge in [0, 0.05) is 22.8 Å². The monoisotopic (exact) mass is 351 g/mol. The van der Waals surface area contributed by atoms with Crippen molar-refractivity contribution in [3.8, 4) is 0 Å². The summed E-state index contributed by atoms with van der Waals surface area (Å²) in [6.45, 7) is 1.59. The van der Waals surface area contributed by atoms with Crippen molar-refractivity contribution in [1.82, 2.24) is 0 Å². The highest BCUT2D eigenvalue weighted by molar-refractivity contribution is 9.10. The van der Waals surface area contributed by atoms with E-state index in [1.807, 2.05) is 12.1 Å². The van der Waals surface area contributed by atoms with E-state index in [2.05, 4.69) is 26.9 Å². The molecule has 1 saturated carbocycles. The Morgan fingerprint density at radius 3 is 3.10 bits per heavy atom. The fourth-order valence-corrected chi connectivity index (χ4v) is 3.69. The van der Waals surface area contributed by atoms with Gasteiger partial charge >= 0.3 is 5.97 Å². The van der Waals surface area contributed by atoms with Crippen molar-refractivity contribution in [3.63, 3.8) is 0 Å². The molecule has 2 aliphatic rings. The molecule has 3 rings (SSSR count). The van der Waals surface area contributed by atoms with Crippen LogP contribution in [0.2, 0.25) is 0 Å². The highest BCUT2D eigenvalue weighted by Gasteiger charge is 2.36. The van der Waals surface area contributed by atoms with E-state index >= 15 is 0 Å². The molecule has 2 fully saturated rings. The summed E-state index contributed by atoms with van der Waals surface area (Å²) in [5.41, 5.74) is 2.02. The lowest BCUT2D eigenvalue weighted by Gasteiger charge is -2.40. The van der Waals surface area contributed by atoms with Gasteiger partial charge in [-0.25, -0.2) is 4.79 Å². The number of halogens is 1. The first-order chi connectivity index (χ1) is 10.1. The van der Waals surface area contributed by atoms with Gasteiger partial charge in [0.25, 0.3) is 0 Å². The number of carboxylic acids is 1. The van der Waals surface area contributed by atoms with Gasteiger partial charge < -0.3 is 14.7 Å². The summed E-state index contributed by atoms with van der Waals surface area (Å²) in [6.07, 6.45) is 6.64. The third-order valence-corrected chi connectivity index (χ3v) is 4.68. The maximum Gasteiger partial charge on any atom is 0.328 e. The van der Waals surface area contributed by atoms with Gasteiger partial charge in [0.05, 0.1) is 18.8 Å². The van der Waals surface area contributed by atoms with E-state index in [1.165, 1.54) is 12.5 Å². The molecule has 1 aromatic carbocycles. The normalized spacial score (nSPS) is 25.3. The fraction of sp³-hybridized carbons (Fsp3) is 0.438. The zero-order valence-electron chi connectivity index (χ0n) is 11.7. The smallest absolute Gasteiger partial charge is 0.328 e. The minimum absolute atomic E-state index is 0.318. The number of rotatable bonds is 3. The minimum atomic E-state index is -0.929. The van der Waals surface area contributed by atoms with Gasteiger partial charge in [-0.1, -0.05) is 15.9 Å². The van der Waals surface area contributed by atoms with Gasteiger partial charge in [-0.05, 0) is 49.1 Å². The summed E-state index contributed by atoms with van der Waals surface area (Å²) in [5.74, 6) is -0.929. The van der Waals surface area contributed by atoms with Gasteiger partial charge in [0.1, 0.15) is 0 Å². The zero-order chi connectivity index (χ0) is 14.8. The quantitative estimate of drug-likeness (QED) is 0.848. The molecule has 0 radical (unpaired) electrons. The highest BCUT2D eigenvalue weighted by atomic mass is 79.9. The summed E-state index contributed by atoms with van der Waals surface area (Å²) >= 11 is 3.46. The van der Waals surface area contributed by atoms with Gasteiger partial charge in [0.2, 0.25) is 0 Å². The first-order valence-electron chi connectivity index (χ1n) is 7.24. The van der Waals surface area contributed by atoms with Gasteiger partial charge in [0.15, 0.2) is 0 Å². The summed E-state index contributed by atoms with van der Waals surface area (Å²) in [7, 11) is 0. The number of morpholine rings is 1. The van der Waals surface area contributed by atoms with Crippen LogP contribution in [0, 0.1) is 0 Å². The van der Waals surface area contributed by atoms with Crippen molar-refractivity contribution in [2.75, 3.05) is 18.1 Å². The number of hydrogen-bond acceptors (Lipinski definition) is 3. The molecule has 2 unspecified atom stereocenters. The Labute approximate surface area is 132 Å². The lowest BCUT2D eigenvalue weighted by Crippen LogP contribution is -2.48. The van der Waals surface area contributed by atoms with E-state index in [1.54, 1.807) is 6.08 Å². The van der Waals surface area contributed by atoms with Crippen molar-refractivity contribution < 1.29 is 14.6 Å². The number of aliphatic carboxylic acids is 1. The largest absolute Gasteiger partial charge is 0.478 e. The second kappa shape index (κ2) is 6.20. The summed E-state index contributed by atoms with van der Waals surface area (Å²) < 4.78 is 6.80. The van der Waals surface area contributed by atoms with Crippen LogP contribution in [-0.2, 0) is 9.53 Å². The second-order valence-corrected chi connectivity index (χ2v) is 6.39. The third-order valence-electron chi connectivity index (χ3n) is 4.19. The molecule has 2 atom stereocenters. The Hall–Kier alpha value is -1.33. The minimum Gasteiger partial charge on any atom is -0.478 e. The Bertz CT molecular complexity index is 573. The maximum atomic E-state index is 10.8. The fourth-order valence-electron chi connectivity index (χ4n) is 3.31. The van der Waals surface area contributed by atoms with Gasteiger partial charge in [-0.2, -0.15) is 0 Å². The average Bonchev–Trinajstić information content (AvgIpc) is 2.93. The molecule has 0 aromatic heterocycles. The number of carbonyl (C=O) groups is 1. The zero-order valence-corrected chi connectivity index (χ0v) is 13.3. The molecule has 1 N–H and O–H groups in total. The number of carboxylic acid groups (broad SMARTS) is 1. The number of benzene rings is 1. The average molecular weight is 352 g/mol. The van der Waals surface area contributed by atoms with Crippen LogP contribution in [0.25, 0.3) is 6.08 Å². The standard InChI is InChI=1S/C16H18BrNO3/c17-12-5-6-13(11(10-12)4-7-16(19)20)18-8-9-21-15-3-1-2-14(15)18/h4-7,10,14-15H,1-3,8-9H2,(H,19,20)/b7-4+. The summed E-state index contributed by atoms with van der Waals surface area (Å²) in [4.78, 5) is 13.2. The Morgan fingerprint density at radius 2 is 2.29 bits per heavy atom. The Kier molecular flexibility index (Phi) is 4.31. The topological polar surface area (TPSA) is 49.8 Å². The summed E-state index contributed by atoms with van der Waals surface area (Å²) in [6, 6.07) is 6.45. The molecule has 0 spiro atoms. The first kappa shape index (κ1) is 14.6. The van der Waals surface area contributed by atoms with Crippen molar-refractivity contribution in [2.45, 2.75) is 31.4 Å². The van der Waals surface area contributed by atoms with E-state index in [4.69, 9.17) is 9.84 Å². The highest BCUT2D eigenvalue weighted by Crippen LogP contribution is 2.35. The van der Waals surface area contributed by atoms with Crippen LogP contribution in [0.1, 0.15) is 24.8 Å².